The summed E-state index contributed by atoms with van der Waals surface area (Å²) in [5.41, 5.74) is 1.16. The van der Waals surface area contributed by atoms with Gasteiger partial charge in [-0.3, -0.25) is 5.10 Å². The molecule has 1 aliphatic rings. The van der Waals surface area contributed by atoms with E-state index in [1.165, 1.54) is 6.33 Å². The molecule has 0 unspecified atom stereocenters. The Bertz CT molecular complexity index is 589. The van der Waals surface area contributed by atoms with Crippen molar-refractivity contribution in [3.8, 4) is 11.5 Å². The van der Waals surface area contributed by atoms with E-state index in [2.05, 4.69) is 42.5 Å². The molecule has 2 N–H and O–H groups in total. The summed E-state index contributed by atoms with van der Waals surface area (Å²) in [6, 6.07) is 4.10. The van der Waals surface area contributed by atoms with Crippen LogP contribution in [-0.4, -0.2) is 34.9 Å². The standard InChI is InChI=1S/C14H17BrN4O2/c15-11-6-10(7-12-14(11)21-5-1-4-20-12)8-16-3-2-13-17-9-18-19-13/h6-7,9,16H,1-5,8H2,(H,17,18,19). The quantitative estimate of drug-likeness (QED) is 0.806. The smallest absolute Gasteiger partial charge is 0.175 e. The van der Waals surface area contributed by atoms with Gasteiger partial charge in [0.05, 0.1) is 17.7 Å². The number of nitrogens with one attached hydrogen (secondary N) is 2. The highest BCUT2D eigenvalue weighted by Gasteiger charge is 2.15. The highest BCUT2D eigenvalue weighted by molar-refractivity contribution is 9.10. The van der Waals surface area contributed by atoms with Crippen molar-refractivity contribution in [2.45, 2.75) is 19.4 Å². The number of benzene rings is 1. The first-order valence-electron chi connectivity index (χ1n) is 6.96. The lowest BCUT2D eigenvalue weighted by molar-refractivity contribution is 0.296. The molecule has 0 spiro atoms. The van der Waals surface area contributed by atoms with E-state index >= 15 is 0 Å². The van der Waals surface area contributed by atoms with Crippen LogP contribution in [0.25, 0.3) is 0 Å². The van der Waals surface area contributed by atoms with E-state index in [0.29, 0.717) is 13.2 Å². The summed E-state index contributed by atoms with van der Waals surface area (Å²) in [6.45, 7) is 2.99. The molecule has 0 fully saturated rings. The minimum Gasteiger partial charge on any atom is -0.490 e. The first kappa shape index (κ1) is 14.3. The Kier molecular flexibility index (Phi) is 4.72. The first-order valence-corrected chi connectivity index (χ1v) is 7.75. The number of hydrogen-bond donors (Lipinski definition) is 2. The normalized spacial score (nSPS) is 14.0. The molecular formula is C14H17BrN4O2. The number of H-pyrrole nitrogens is 1. The Morgan fingerprint density at radius 3 is 3.05 bits per heavy atom. The van der Waals surface area contributed by atoms with E-state index < -0.39 is 0 Å². The Hall–Kier alpha value is -1.60. The van der Waals surface area contributed by atoms with Crippen molar-refractivity contribution in [3.63, 3.8) is 0 Å². The lowest BCUT2D eigenvalue weighted by Gasteiger charge is -2.12. The van der Waals surface area contributed by atoms with Gasteiger partial charge in [-0.25, -0.2) is 4.98 Å². The Balaban J connectivity index is 1.58. The highest BCUT2D eigenvalue weighted by Crippen LogP contribution is 2.38. The summed E-state index contributed by atoms with van der Waals surface area (Å²) < 4.78 is 12.4. The fourth-order valence-corrected chi connectivity index (χ4v) is 2.78. The molecule has 6 nitrogen and oxygen atoms in total. The second-order valence-electron chi connectivity index (χ2n) is 4.81. The molecule has 2 aromatic rings. The third kappa shape index (κ3) is 3.74. The molecule has 0 amide bonds. The number of halogens is 1. The van der Waals surface area contributed by atoms with E-state index in [0.717, 1.165) is 53.3 Å². The predicted molar refractivity (Wildman–Crippen MR) is 81.5 cm³/mol. The average molecular weight is 353 g/mol. The lowest BCUT2D eigenvalue weighted by Crippen LogP contribution is -2.17. The van der Waals surface area contributed by atoms with Gasteiger partial charge in [0.2, 0.25) is 0 Å². The molecule has 1 aromatic carbocycles. The number of rotatable bonds is 5. The van der Waals surface area contributed by atoms with E-state index in [4.69, 9.17) is 9.47 Å². The summed E-state index contributed by atoms with van der Waals surface area (Å²) in [7, 11) is 0. The summed E-state index contributed by atoms with van der Waals surface area (Å²) >= 11 is 3.55. The lowest BCUT2D eigenvalue weighted by atomic mass is 10.2. The van der Waals surface area contributed by atoms with Crippen LogP contribution in [0.15, 0.2) is 22.9 Å². The van der Waals surface area contributed by atoms with Crippen molar-refractivity contribution in [2.24, 2.45) is 0 Å². The van der Waals surface area contributed by atoms with Crippen LogP contribution in [0.5, 0.6) is 11.5 Å². The summed E-state index contributed by atoms with van der Waals surface area (Å²) in [5, 5.41) is 10.1. The molecule has 0 radical (unpaired) electrons. The molecule has 112 valence electrons. The molecule has 1 aromatic heterocycles. The van der Waals surface area contributed by atoms with Crippen LogP contribution < -0.4 is 14.8 Å². The van der Waals surface area contributed by atoms with E-state index in [1.807, 2.05) is 6.07 Å². The number of fused-ring (bicyclic) bond motifs is 1. The Morgan fingerprint density at radius 2 is 2.19 bits per heavy atom. The van der Waals surface area contributed by atoms with Gasteiger partial charge in [-0.15, -0.1) is 0 Å². The van der Waals surface area contributed by atoms with Crippen LogP contribution in [0, 0.1) is 0 Å². The molecule has 0 saturated heterocycles. The number of aromatic nitrogens is 3. The van der Waals surface area contributed by atoms with Crippen molar-refractivity contribution < 1.29 is 9.47 Å². The van der Waals surface area contributed by atoms with Gasteiger partial charge in [0.1, 0.15) is 12.2 Å². The molecular weight excluding hydrogens is 336 g/mol. The molecule has 0 saturated carbocycles. The van der Waals surface area contributed by atoms with Gasteiger partial charge in [-0.05, 0) is 33.6 Å². The van der Waals surface area contributed by atoms with Crippen LogP contribution in [0.4, 0.5) is 0 Å². The molecule has 21 heavy (non-hydrogen) atoms. The third-order valence-corrected chi connectivity index (χ3v) is 3.78. The van der Waals surface area contributed by atoms with Crippen LogP contribution in [0.1, 0.15) is 17.8 Å². The maximum atomic E-state index is 5.73. The van der Waals surface area contributed by atoms with Crippen LogP contribution in [0.2, 0.25) is 0 Å². The summed E-state index contributed by atoms with van der Waals surface area (Å²) in [5.74, 6) is 2.51. The fraction of sp³-hybridized carbons (Fsp3) is 0.429. The zero-order valence-electron chi connectivity index (χ0n) is 11.6. The highest BCUT2D eigenvalue weighted by atomic mass is 79.9. The van der Waals surface area contributed by atoms with E-state index in [-0.39, 0.29) is 0 Å². The molecule has 2 heterocycles. The molecule has 0 atom stereocenters. The SMILES string of the molecule is Brc1cc(CNCCc2ncn[nH]2)cc2c1OCCCO2. The van der Waals surface area contributed by atoms with Crippen molar-refractivity contribution in [3.05, 3.63) is 34.3 Å². The Morgan fingerprint density at radius 1 is 1.29 bits per heavy atom. The largest absolute Gasteiger partial charge is 0.490 e. The van der Waals surface area contributed by atoms with E-state index in [9.17, 15) is 0 Å². The molecule has 7 heteroatoms. The number of ether oxygens (including phenoxy) is 2. The van der Waals surface area contributed by atoms with E-state index in [1.54, 1.807) is 0 Å². The van der Waals surface area contributed by atoms with Crippen LogP contribution in [0.3, 0.4) is 0 Å². The predicted octanol–water partition coefficient (Wildman–Crippen LogP) is 2.06. The molecule has 0 aliphatic carbocycles. The zero-order valence-corrected chi connectivity index (χ0v) is 13.1. The first-order chi connectivity index (χ1) is 10.3. The summed E-state index contributed by atoms with van der Waals surface area (Å²) in [4.78, 5) is 4.09. The van der Waals surface area contributed by atoms with Gasteiger partial charge in [-0.2, -0.15) is 5.10 Å². The van der Waals surface area contributed by atoms with Gasteiger partial charge in [0.25, 0.3) is 0 Å². The second-order valence-corrected chi connectivity index (χ2v) is 5.67. The maximum absolute atomic E-state index is 5.73. The third-order valence-electron chi connectivity index (χ3n) is 3.19. The fourth-order valence-electron chi connectivity index (χ4n) is 2.18. The van der Waals surface area contributed by atoms with Gasteiger partial charge >= 0.3 is 0 Å². The monoisotopic (exact) mass is 352 g/mol. The van der Waals surface area contributed by atoms with Gasteiger partial charge in [0.15, 0.2) is 11.5 Å². The average Bonchev–Trinajstić information content (AvgIpc) is 2.87. The summed E-state index contributed by atoms with van der Waals surface area (Å²) in [6.07, 6.45) is 3.26. The minimum atomic E-state index is 0.695. The molecule has 0 bridgehead atoms. The topological polar surface area (TPSA) is 72.1 Å². The zero-order chi connectivity index (χ0) is 14.5. The Labute approximate surface area is 131 Å². The number of hydrogen-bond acceptors (Lipinski definition) is 5. The maximum Gasteiger partial charge on any atom is 0.175 e. The molecule has 3 rings (SSSR count). The van der Waals surface area contributed by atoms with Gasteiger partial charge in [-0.1, -0.05) is 0 Å². The van der Waals surface area contributed by atoms with Crippen molar-refractivity contribution in [2.75, 3.05) is 19.8 Å². The number of nitrogens with zero attached hydrogens (tertiary/aromatic N) is 2. The van der Waals surface area contributed by atoms with Gasteiger partial charge in [0, 0.05) is 25.9 Å². The second kappa shape index (κ2) is 6.91. The van der Waals surface area contributed by atoms with Crippen LogP contribution in [-0.2, 0) is 13.0 Å². The minimum absolute atomic E-state index is 0.695. The van der Waals surface area contributed by atoms with Crippen LogP contribution >= 0.6 is 15.9 Å². The van der Waals surface area contributed by atoms with Crippen molar-refractivity contribution in [1.29, 1.82) is 0 Å². The van der Waals surface area contributed by atoms with Crippen molar-refractivity contribution in [1.82, 2.24) is 20.5 Å². The number of aromatic amines is 1. The van der Waals surface area contributed by atoms with Crippen molar-refractivity contribution >= 4 is 15.9 Å². The van der Waals surface area contributed by atoms with Gasteiger partial charge < -0.3 is 14.8 Å². The molecule has 1 aliphatic heterocycles.